The van der Waals surface area contributed by atoms with Crippen molar-refractivity contribution in [2.75, 3.05) is 6.61 Å². The van der Waals surface area contributed by atoms with E-state index in [0.717, 1.165) is 23.3 Å². The molecule has 1 heterocycles. The molecule has 1 aliphatic carbocycles. The second-order valence-electron chi connectivity index (χ2n) is 7.72. The van der Waals surface area contributed by atoms with Gasteiger partial charge < -0.3 is 4.74 Å². The van der Waals surface area contributed by atoms with E-state index in [1.165, 1.54) is 62.5 Å². The van der Waals surface area contributed by atoms with Crippen LogP contribution in [0.15, 0.2) is 42.6 Å². The molecule has 0 amide bonds. The van der Waals surface area contributed by atoms with Crippen molar-refractivity contribution in [2.24, 2.45) is 11.8 Å². The number of nitrogens with zero attached hydrogens (tertiary/aromatic N) is 1. The molecule has 140 valence electrons. The van der Waals surface area contributed by atoms with Crippen LogP contribution in [0.25, 0.3) is 11.3 Å². The summed E-state index contributed by atoms with van der Waals surface area (Å²) in [6, 6.07) is 13.0. The van der Waals surface area contributed by atoms with E-state index in [4.69, 9.17) is 4.74 Å². The Labute approximate surface area is 159 Å². The number of rotatable bonds is 8. The minimum atomic E-state index is 0.677. The fourth-order valence-electron chi connectivity index (χ4n) is 4.23. The molecule has 0 N–H and O–H groups in total. The Bertz CT molecular complexity index is 639. The Kier molecular flexibility index (Phi) is 7.11. The van der Waals surface area contributed by atoms with Crippen molar-refractivity contribution >= 4 is 0 Å². The largest absolute Gasteiger partial charge is 0.492 e. The van der Waals surface area contributed by atoms with Crippen LogP contribution in [-0.4, -0.2) is 11.6 Å². The highest BCUT2D eigenvalue weighted by Crippen LogP contribution is 2.34. The summed E-state index contributed by atoms with van der Waals surface area (Å²) in [5.74, 6) is 2.79. The van der Waals surface area contributed by atoms with Gasteiger partial charge in [0.1, 0.15) is 5.75 Å². The number of pyridine rings is 1. The van der Waals surface area contributed by atoms with Crippen molar-refractivity contribution in [1.29, 1.82) is 0 Å². The maximum atomic E-state index is 5.46. The topological polar surface area (TPSA) is 22.1 Å². The summed E-state index contributed by atoms with van der Waals surface area (Å²) in [6.07, 6.45) is 13.0. The molecule has 1 aliphatic rings. The molecule has 1 fully saturated rings. The average Bonchev–Trinajstić information content (AvgIpc) is 2.69. The van der Waals surface area contributed by atoms with Gasteiger partial charge in [-0.05, 0) is 49.3 Å². The second kappa shape index (κ2) is 9.75. The van der Waals surface area contributed by atoms with Gasteiger partial charge in [-0.15, -0.1) is 0 Å². The molecule has 0 bridgehead atoms. The fourth-order valence-corrected chi connectivity index (χ4v) is 4.23. The van der Waals surface area contributed by atoms with E-state index >= 15 is 0 Å². The van der Waals surface area contributed by atoms with Gasteiger partial charge in [0, 0.05) is 5.56 Å². The highest BCUT2D eigenvalue weighted by molar-refractivity contribution is 5.59. The molecule has 2 heteroatoms. The lowest BCUT2D eigenvalue weighted by molar-refractivity contribution is 0.252. The summed E-state index contributed by atoms with van der Waals surface area (Å²) < 4.78 is 5.46. The molecule has 26 heavy (non-hydrogen) atoms. The SMILES string of the molecule is CCCC1CCC(CCc2ccc(-c3ccc(OCC)cn3)cc2)CC1. The van der Waals surface area contributed by atoms with Crippen molar-refractivity contribution in [1.82, 2.24) is 4.98 Å². The summed E-state index contributed by atoms with van der Waals surface area (Å²) >= 11 is 0. The zero-order valence-corrected chi connectivity index (χ0v) is 16.4. The van der Waals surface area contributed by atoms with E-state index < -0.39 is 0 Å². The number of aromatic nitrogens is 1. The van der Waals surface area contributed by atoms with E-state index in [9.17, 15) is 0 Å². The van der Waals surface area contributed by atoms with Gasteiger partial charge in [-0.3, -0.25) is 4.98 Å². The number of hydrogen-bond donors (Lipinski definition) is 0. The number of benzene rings is 1. The summed E-state index contributed by atoms with van der Waals surface area (Å²) in [6.45, 7) is 4.98. The molecular weight excluding hydrogens is 318 g/mol. The van der Waals surface area contributed by atoms with E-state index in [1.807, 2.05) is 25.3 Å². The first-order chi connectivity index (χ1) is 12.8. The molecule has 2 nitrogen and oxygen atoms in total. The molecule has 3 rings (SSSR count). The third-order valence-corrected chi connectivity index (χ3v) is 5.80. The van der Waals surface area contributed by atoms with E-state index in [-0.39, 0.29) is 0 Å². The number of aryl methyl sites for hydroxylation is 1. The molecule has 1 aromatic heterocycles. The Morgan fingerprint density at radius 2 is 1.58 bits per heavy atom. The molecule has 1 saturated carbocycles. The molecule has 0 unspecified atom stereocenters. The zero-order valence-electron chi connectivity index (χ0n) is 16.4. The van der Waals surface area contributed by atoms with Gasteiger partial charge in [0.25, 0.3) is 0 Å². The molecule has 2 aromatic rings. The summed E-state index contributed by atoms with van der Waals surface area (Å²) in [5.41, 5.74) is 3.64. The van der Waals surface area contributed by atoms with Gasteiger partial charge in [-0.2, -0.15) is 0 Å². The normalized spacial score (nSPS) is 20.1. The lowest BCUT2D eigenvalue weighted by Crippen LogP contribution is -2.15. The first kappa shape index (κ1) is 18.9. The van der Waals surface area contributed by atoms with Gasteiger partial charge in [0.15, 0.2) is 0 Å². The standard InChI is InChI=1S/C24H33NO/c1-3-5-19-6-8-20(9-7-19)10-11-21-12-14-22(15-13-21)24-17-16-23(18-25-24)26-4-2/h12-20H,3-11H2,1-2H3. The van der Waals surface area contributed by atoms with Gasteiger partial charge in [-0.1, -0.05) is 69.7 Å². The van der Waals surface area contributed by atoms with Gasteiger partial charge in [0.05, 0.1) is 18.5 Å². The van der Waals surface area contributed by atoms with Crippen LogP contribution in [0.2, 0.25) is 0 Å². The maximum Gasteiger partial charge on any atom is 0.137 e. The Balaban J connectivity index is 1.49. The molecular formula is C24H33NO. The van der Waals surface area contributed by atoms with Gasteiger partial charge in [0.2, 0.25) is 0 Å². The predicted octanol–water partition coefficient (Wildman–Crippen LogP) is 6.69. The van der Waals surface area contributed by atoms with Gasteiger partial charge in [-0.25, -0.2) is 0 Å². The number of ether oxygens (including phenoxy) is 1. The van der Waals surface area contributed by atoms with E-state index in [2.05, 4.69) is 36.2 Å². The molecule has 0 atom stereocenters. The van der Waals surface area contributed by atoms with Crippen LogP contribution in [-0.2, 0) is 6.42 Å². The van der Waals surface area contributed by atoms with Crippen molar-refractivity contribution in [2.45, 2.75) is 65.2 Å². The maximum absolute atomic E-state index is 5.46. The minimum absolute atomic E-state index is 0.677. The van der Waals surface area contributed by atoms with Crippen LogP contribution in [0.4, 0.5) is 0 Å². The Hall–Kier alpha value is -1.83. The lowest BCUT2D eigenvalue weighted by Gasteiger charge is -2.28. The first-order valence-corrected chi connectivity index (χ1v) is 10.5. The van der Waals surface area contributed by atoms with E-state index in [0.29, 0.717) is 6.61 Å². The third kappa shape index (κ3) is 5.33. The van der Waals surface area contributed by atoms with Crippen LogP contribution >= 0.6 is 0 Å². The quantitative estimate of drug-likeness (QED) is 0.529. The predicted molar refractivity (Wildman–Crippen MR) is 110 cm³/mol. The number of hydrogen-bond acceptors (Lipinski definition) is 2. The van der Waals surface area contributed by atoms with Crippen molar-refractivity contribution in [3.8, 4) is 17.0 Å². The summed E-state index contributed by atoms with van der Waals surface area (Å²) in [7, 11) is 0. The zero-order chi connectivity index (χ0) is 18.2. The summed E-state index contributed by atoms with van der Waals surface area (Å²) in [5, 5.41) is 0. The Morgan fingerprint density at radius 3 is 2.15 bits per heavy atom. The molecule has 0 spiro atoms. The van der Waals surface area contributed by atoms with Crippen molar-refractivity contribution < 1.29 is 4.74 Å². The minimum Gasteiger partial charge on any atom is -0.492 e. The monoisotopic (exact) mass is 351 g/mol. The van der Waals surface area contributed by atoms with Crippen LogP contribution in [0.1, 0.15) is 64.4 Å². The van der Waals surface area contributed by atoms with Crippen LogP contribution in [0, 0.1) is 11.8 Å². The molecule has 0 saturated heterocycles. The first-order valence-electron chi connectivity index (χ1n) is 10.5. The molecule has 0 aliphatic heterocycles. The Morgan fingerprint density at radius 1 is 0.885 bits per heavy atom. The van der Waals surface area contributed by atoms with Gasteiger partial charge >= 0.3 is 0 Å². The molecule has 1 aromatic carbocycles. The summed E-state index contributed by atoms with van der Waals surface area (Å²) in [4.78, 5) is 4.51. The molecule has 0 radical (unpaired) electrons. The highest BCUT2D eigenvalue weighted by Gasteiger charge is 2.20. The van der Waals surface area contributed by atoms with Crippen LogP contribution in [0.5, 0.6) is 5.75 Å². The lowest BCUT2D eigenvalue weighted by atomic mass is 9.78. The fraction of sp³-hybridized carbons (Fsp3) is 0.542. The van der Waals surface area contributed by atoms with Crippen molar-refractivity contribution in [3.05, 3.63) is 48.2 Å². The average molecular weight is 352 g/mol. The van der Waals surface area contributed by atoms with E-state index in [1.54, 1.807) is 0 Å². The smallest absolute Gasteiger partial charge is 0.137 e. The van der Waals surface area contributed by atoms with Crippen LogP contribution < -0.4 is 4.74 Å². The highest BCUT2D eigenvalue weighted by atomic mass is 16.5. The third-order valence-electron chi connectivity index (χ3n) is 5.80. The van der Waals surface area contributed by atoms with Crippen LogP contribution in [0.3, 0.4) is 0 Å². The van der Waals surface area contributed by atoms with Crippen molar-refractivity contribution in [3.63, 3.8) is 0 Å². The second-order valence-corrected chi connectivity index (χ2v) is 7.72.